The van der Waals surface area contributed by atoms with Crippen molar-refractivity contribution < 1.29 is 14.0 Å². The number of hydrogen-bond acceptors (Lipinski definition) is 3. The molecule has 1 heterocycles. The van der Waals surface area contributed by atoms with E-state index >= 15 is 0 Å². The monoisotopic (exact) mass is 288 g/mol. The van der Waals surface area contributed by atoms with Gasteiger partial charge in [0, 0.05) is 5.02 Å². The van der Waals surface area contributed by atoms with Crippen molar-refractivity contribution >= 4 is 40.9 Å². The molecule has 2 rings (SSSR count). The highest BCUT2D eigenvalue weighted by Crippen LogP contribution is 2.19. The van der Waals surface area contributed by atoms with Gasteiger partial charge in [0.2, 0.25) is 11.8 Å². The molecule has 1 aromatic rings. The average Bonchev–Trinajstić information content (AvgIpc) is 2.69. The second kappa shape index (κ2) is 5.58. The summed E-state index contributed by atoms with van der Waals surface area (Å²) in [5.74, 6) is -0.213. The van der Waals surface area contributed by atoms with E-state index in [0.29, 0.717) is 11.6 Å². The third-order valence-electron chi connectivity index (χ3n) is 2.37. The van der Waals surface area contributed by atoms with E-state index in [2.05, 4.69) is 5.32 Å². The average molecular weight is 289 g/mol. The molecule has 1 saturated heterocycles. The topological polar surface area (TPSA) is 49.4 Å². The number of benzene rings is 1. The Morgan fingerprint density at radius 3 is 2.94 bits per heavy atom. The fraction of sp³-hybridized carbons (Fsp3) is 0.273. The van der Waals surface area contributed by atoms with E-state index in [-0.39, 0.29) is 23.2 Å². The zero-order chi connectivity index (χ0) is 13.1. The van der Waals surface area contributed by atoms with E-state index in [4.69, 9.17) is 11.6 Å². The molecule has 1 aromatic carbocycles. The minimum atomic E-state index is -0.599. The number of anilines is 1. The van der Waals surface area contributed by atoms with Crippen LogP contribution in [0.1, 0.15) is 0 Å². The maximum atomic E-state index is 13.4. The molecular formula is C11H10ClFN2O2S. The summed E-state index contributed by atoms with van der Waals surface area (Å²) in [6.45, 7) is -0.0616. The summed E-state index contributed by atoms with van der Waals surface area (Å²) in [4.78, 5) is 24.4. The molecule has 2 amide bonds. The number of halogens is 2. The van der Waals surface area contributed by atoms with Crippen molar-refractivity contribution in [1.82, 2.24) is 4.90 Å². The molecule has 1 fully saturated rings. The number of thioether (sulfide) groups is 1. The van der Waals surface area contributed by atoms with Crippen LogP contribution >= 0.6 is 23.4 Å². The number of nitrogens with one attached hydrogen (secondary N) is 1. The standard InChI is InChI=1S/C11H10ClFN2O2S/c12-7-1-2-9(8(13)3-7)14-10(16)4-15-6-18-5-11(15)17/h1-3H,4-6H2,(H,14,16). The van der Waals surface area contributed by atoms with Crippen molar-refractivity contribution in [3.05, 3.63) is 29.0 Å². The molecule has 0 aliphatic carbocycles. The first kappa shape index (κ1) is 13.2. The first-order valence-electron chi connectivity index (χ1n) is 5.16. The summed E-state index contributed by atoms with van der Waals surface area (Å²) in [6, 6.07) is 3.99. The largest absolute Gasteiger partial charge is 0.323 e. The first-order chi connectivity index (χ1) is 8.56. The van der Waals surface area contributed by atoms with Gasteiger partial charge in [0.25, 0.3) is 0 Å². The summed E-state index contributed by atoms with van der Waals surface area (Å²) in [6.07, 6.45) is 0. The molecule has 0 radical (unpaired) electrons. The van der Waals surface area contributed by atoms with E-state index in [1.54, 1.807) is 0 Å². The summed E-state index contributed by atoms with van der Waals surface area (Å²) in [5.41, 5.74) is 0.0590. The fourth-order valence-corrected chi connectivity index (χ4v) is 2.56. The zero-order valence-corrected chi connectivity index (χ0v) is 10.9. The lowest BCUT2D eigenvalue weighted by molar-refractivity contribution is -0.130. The Kier molecular flexibility index (Phi) is 4.08. The van der Waals surface area contributed by atoms with Gasteiger partial charge >= 0.3 is 0 Å². The molecule has 96 valence electrons. The van der Waals surface area contributed by atoms with Gasteiger partial charge < -0.3 is 10.2 Å². The van der Waals surface area contributed by atoms with Crippen LogP contribution in [0.25, 0.3) is 0 Å². The third-order valence-corrected chi connectivity index (χ3v) is 3.55. The van der Waals surface area contributed by atoms with Crippen molar-refractivity contribution in [1.29, 1.82) is 0 Å². The van der Waals surface area contributed by atoms with Crippen LogP contribution < -0.4 is 5.32 Å². The summed E-state index contributed by atoms with van der Waals surface area (Å²) < 4.78 is 13.4. The van der Waals surface area contributed by atoms with Crippen LogP contribution in [0.5, 0.6) is 0 Å². The molecule has 0 bridgehead atoms. The molecule has 4 nitrogen and oxygen atoms in total. The number of carbonyl (C=O) groups excluding carboxylic acids is 2. The Hall–Kier alpha value is -1.27. The van der Waals surface area contributed by atoms with Crippen LogP contribution in [-0.4, -0.2) is 34.9 Å². The number of amides is 2. The van der Waals surface area contributed by atoms with Crippen LogP contribution in [0.15, 0.2) is 18.2 Å². The predicted octanol–water partition coefficient (Wildman–Crippen LogP) is 1.95. The summed E-state index contributed by atoms with van der Waals surface area (Å²) in [7, 11) is 0. The molecule has 1 aliphatic rings. The van der Waals surface area contributed by atoms with Crippen LogP contribution in [-0.2, 0) is 9.59 Å². The van der Waals surface area contributed by atoms with Crippen molar-refractivity contribution in [3.8, 4) is 0 Å². The van der Waals surface area contributed by atoms with Gasteiger partial charge in [-0.2, -0.15) is 0 Å². The Morgan fingerprint density at radius 1 is 1.56 bits per heavy atom. The van der Waals surface area contributed by atoms with Crippen molar-refractivity contribution in [2.75, 3.05) is 23.5 Å². The number of nitrogens with zero attached hydrogens (tertiary/aromatic N) is 1. The molecular weight excluding hydrogens is 279 g/mol. The van der Waals surface area contributed by atoms with Gasteiger partial charge in [-0.1, -0.05) is 11.6 Å². The van der Waals surface area contributed by atoms with Gasteiger partial charge in [-0.25, -0.2) is 4.39 Å². The highest BCUT2D eigenvalue weighted by atomic mass is 35.5. The smallest absolute Gasteiger partial charge is 0.244 e. The van der Waals surface area contributed by atoms with Crippen LogP contribution in [0.2, 0.25) is 5.02 Å². The van der Waals surface area contributed by atoms with Gasteiger partial charge in [0.1, 0.15) is 12.4 Å². The van der Waals surface area contributed by atoms with E-state index < -0.39 is 11.7 Å². The number of hydrogen-bond donors (Lipinski definition) is 1. The Bertz CT molecular complexity index is 498. The lowest BCUT2D eigenvalue weighted by Gasteiger charge is -2.14. The van der Waals surface area contributed by atoms with Crippen LogP contribution in [0.4, 0.5) is 10.1 Å². The summed E-state index contributed by atoms with van der Waals surface area (Å²) in [5, 5.41) is 2.67. The van der Waals surface area contributed by atoms with Gasteiger partial charge in [-0.3, -0.25) is 9.59 Å². The molecule has 0 saturated carbocycles. The molecule has 1 aliphatic heterocycles. The van der Waals surface area contributed by atoms with Crippen molar-refractivity contribution in [2.45, 2.75) is 0 Å². The SMILES string of the molecule is O=C(CN1CSCC1=O)Nc1ccc(Cl)cc1F. The molecule has 0 atom stereocenters. The van der Waals surface area contributed by atoms with Gasteiger partial charge in [-0.05, 0) is 18.2 Å². The van der Waals surface area contributed by atoms with Gasteiger partial charge in [-0.15, -0.1) is 11.8 Å². The third kappa shape index (κ3) is 3.14. The normalized spacial score (nSPS) is 15.0. The Balaban J connectivity index is 1.96. The Labute approximate surface area is 112 Å². The lowest BCUT2D eigenvalue weighted by Crippen LogP contribution is -2.34. The van der Waals surface area contributed by atoms with Crippen molar-refractivity contribution in [2.24, 2.45) is 0 Å². The van der Waals surface area contributed by atoms with E-state index in [1.807, 2.05) is 0 Å². The van der Waals surface area contributed by atoms with Crippen LogP contribution in [0, 0.1) is 5.82 Å². The lowest BCUT2D eigenvalue weighted by atomic mass is 10.3. The predicted molar refractivity (Wildman–Crippen MR) is 69.1 cm³/mol. The minimum absolute atomic E-state index is 0.0590. The summed E-state index contributed by atoms with van der Waals surface area (Å²) >= 11 is 7.05. The number of carbonyl (C=O) groups is 2. The van der Waals surface area contributed by atoms with Gasteiger partial charge in [0.15, 0.2) is 0 Å². The van der Waals surface area contributed by atoms with Gasteiger partial charge in [0.05, 0.1) is 17.3 Å². The van der Waals surface area contributed by atoms with E-state index in [0.717, 1.165) is 6.07 Å². The minimum Gasteiger partial charge on any atom is -0.323 e. The maximum absolute atomic E-state index is 13.4. The second-order valence-corrected chi connectivity index (χ2v) is 5.13. The molecule has 0 spiro atoms. The molecule has 7 heteroatoms. The fourth-order valence-electron chi connectivity index (χ4n) is 1.49. The highest BCUT2D eigenvalue weighted by Gasteiger charge is 2.23. The van der Waals surface area contributed by atoms with Crippen molar-refractivity contribution in [3.63, 3.8) is 0 Å². The highest BCUT2D eigenvalue weighted by molar-refractivity contribution is 8.00. The molecule has 0 aromatic heterocycles. The van der Waals surface area contributed by atoms with Crippen LogP contribution in [0.3, 0.4) is 0 Å². The second-order valence-electron chi connectivity index (χ2n) is 3.74. The quantitative estimate of drug-likeness (QED) is 0.925. The number of rotatable bonds is 3. The maximum Gasteiger partial charge on any atom is 0.244 e. The van der Waals surface area contributed by atoms with E-state index in [9.17, 15) is 14.0 Å². The Morgan fingerprint density at radius 2 is 2.33 bits per heavy atom. The zero-order valence-electron chi connectivity index (χ0n) is 9.28. The molecule has 18 heavy (non-hydrogen) atoms. The molecule has 0 unspecified atom stereocenters. The first-order valence-corrected chi connectivity index (χ1v) is 6.70. The molecule has 1 N–H and O–H groups in total. The van der Waals surface area contributed by atoms with E-state index in [1.165, 1.54) is 28.8 Å².